The second-order valence-corrected chi connectivity index (χ2v) is 6.62. The highest BCUT2D eigenvalue weighted by atomic mass is 16.2. The predicted octanol–water partition coefficient (Wildman–Crippen LogP) is 3.18. The third-order valence-corrected chi connectivity index (χ3v) is 4.49. The van der Waals surface area contributed by atoms with Crippen LogP contribution in [-0.4, -0.2) is 29.3 Å². The molecule has 0 bridgehead atoms. The van der Waals surface area contributed by atoms with E-state index in [9.17, 15) is 9.59 Å². The molecule has 4 nitrogen and oxygen atoms in total. The molecule has 0 unspecified atom stereocenters. The Morgan fingerprint density at radius 2 is 1.70 bits per heavy atom. The third-order valence-electron chi connectivity index (χ3n) is 4.49. The van der Waals surface area contributed by atoms with Gasteiger partial charge in [-0.25, -0.2) is 0 Å². The standard InChI is InChI=1S/C19H28N2O2/c1-15-9-11-17(12-10-15)13-21(16(2)22)14-19(23)20-18-7-5-3-4-6-8-18/h9-12,18H,3-8,13-14H2,1-2H3,(H,20,23). The zero-order valence-electron chi connectivity index (χ0n) is 14.3. The Morgan fingerprint density at radius 3 is 2.26 bits per heavy atom. The first-order chi connectivity index (χ1) is 11.0. The second-order valence-electron chi connectivity index (χ2n) is 6.62. The molecule has 4 heteroatoms. The summed E-state index contributed by atoms with van der Waals surface area (Å²) >= 11 is 0. The van der Waals surface area contributed by atoms with E-state index in [4.69, 9.17) is 0 Å². The van der Waals surface area contributed by atoms with Crippen molar-refractivity contribution in [2.45, 2.75) is 65.0 Å². The van der Waals surface area contributed by atoms with E-state index >= 15 is 0 Å². The highest BCUT2D eigenvalue weighted by Gasteiger charge is 2.18. The van der Waals surface area contributed by atoms with E-state index in [2.05, 4.69) is 5.32 Å². The quantitative estimate of drug-likeness (QED) is 0.848. The van der Waals surface area contributed by atoms with Gasteiger partial charge in [-0.2, -0.15) is 0 Å². The Morgan fingerprint density at radius 1 is 1.09 bits per heavy atom. The Bertz CT molecular complexity index is 517. The molecule has 1 fully saturated rings. The van der Waals surface area contributed by atoms with Crippen molar-refractivity contribution in [2.24, 2.45) is 0 Å². The molecule has 1 aromatic carbocycles. The largest absolute Gasteiger partial charge is 0.352 e. The van der Waals surface area contributed by atoms with Crippen molar-refractivity contribution < 1.29 is 9.59 Å². The number of nitrogens with one attached hydrogen (secondary N) is 1. The monoisotopic (exact) mass is 316 g/mol. The topological polar surface area (TPSA) is 49.4 Å². The van der Waals surface area contributed by atoms with Gasteiger partial charge in [0.05, 0.1) is 6.54 Å². The molecular formula is C19H28N2O2. The minimum Gasteiger partial charge on any atom is -0.352 e. The predicted molar refractivity (Wildman–Crippen MR) is 91.9 cm³/mol. The fourth-order valence-electron chi connectivity index (χ4n) is 3.06. The number of hydrogen-bond donors (Lipinski definition) is 1. The van der Waals surface area contributed by atoms with E-state index in [1.807, 2.05) is 31.2 Å². The van der Waals surface area contributed by atoms with Crippen LogP contribution in [-0.2, 0) is 16.1 Å². The van der Waals surface area contributed by atoms with Crippen molar-refractivity contribution in [1.29, 1.82) is 0 Å². The van der Waals surface area contributed by atoms with Gasteiger partial charge < -0.3 is 10.2 Å². The molecule has 23 heavy (non-hydrogen) atoms. The number of carbonyl (C=O) groups excluding carboxylic acids is 2. The molecule has 1 saturated carbocycles. The summed E-state index contributed by atoms with van der Waals surface area (Å²) in [4.78, 5) is 25.7. The van der Waals surface area contributed by atoms with Crippen LogP contribution in [0.15, 0.2) is 24.3 Å². The van der Waals surface area contributed by atoms with Crippen molar-refractivity contribution in [3.63, 3.8) is 0 Å². The van der Waals surface area contributed by atoms with E-state index in [0.29, 0.717) is 6.54 Å². The highest BCUT2D eigenvalue weighted by Crippen LogP contribution is 2.17. The van der Waals surface area contributed by atoms with Crippen molar-refractivity contribution in [3.05, 3.63) is 35.4 Å². The van der Waals surface area contributed by atoms with Gasteiger partial charge in [0.25, 0.3) is 0 Å². The molecule has 0 aromatic heterocycles. The van der Waals surface area contributed by atoms with Crippen LogP contribution in [0.3, 0.4) is 0 Å². The summed E-state index contributed by atoms with van der Waals surface area (Å²) in [6, 6.07) is 8.35. The lowest BCUT2D eigenvalue weighted by Crippen LogP contribution is -2.43. The number of benzene rings is 1. The fourth-order valence-corrected chi connectivity index (χ4v) is 3.06. The maximum atomic E-state index is 12.3. The first-order valence-corrected chi connectivity index (χ1v) is 8.65. The Hall–Kier alpha value is -1.84. The van der Waals surface area contributed by atoms with Crippen LogP contribution >= 0.6 is 0 Å². The summed E-state index contributed by atoms with van der Waals surface area (Å²) in [5.41, 5.74) is 2.24. The average Bonchev–Trinajstić information content (AvgIpc) is 2.77. The normalized spacial score (nSPS) is 15.7. The molecule has 0 radical (unpaired) electrons. The molecule has 2 rings (SSSR count). The van der Waals surface area contributed by atoms with Gasteiger partial charge in [-0.15, -0.1) is 0 Å². The second kappa shape index (κ2) is 8.70. The summed E-state index contributed by atoms with van der Waals surface area (Å²) < 4.78 is 0. The van der Waals surface area contributed by atoms with E-state index in [0.717, 1.165) is 18.4 Å². The average molecular weight is 316 g/mol. The van der Waals surface area contributed by atoms with Crippen LogP contribution in [0.2, 0.25) is 0 Å². The van der Waals surface area contributed by atoms with Crippen molar-refractivity contribution in [3.8, 4) is 0 Å². The Balaban J connectivity index is 1.88. The molecule has 1 aliphatic rings. The molecule has 1 aliphatic carbocycles. The lowest BCUT2D eigenvalue weighted by Gasteiger charge is -2.23. The number of nitrogens with zero attached hydrogens (tertiary/aromatic N) is 1. The zero-order chi connectivity index (χ0) is 16.7. The number of carbonyl (C=O) groups is 2. The SMILES string of the molecule is CC(=O)N(CC(=O)NC1CCCCCC1)Cc1ccc(C)cc1. The van der Waals surface area contributed by atoms with Crippen molar-refractivity contribution >= 4 is 11.8 Å². The van der Waals surface area contributed by atoms with Gasteiger partial charge in [0.15, 0.2) is 0 Å². The minimum atomic E-state index is -0.0680. The van der Waals surface area contributed by atoms with Gasteiger partial charge in [-0.05, 0) is 25.3 Å². The molecule has 126 valence electrons. The molecule has 0 aliphatic heterocycles. The van der Waals surface area contributed by atoms with Crippen LogP contribution in [0.25, 0.3) is 0 Å². The highest BCUT2D eigenvalue weighted by molar-refractivity contribution is 5.83. The van der Waals surface area contributed by atoms with Gasteiger partial charge in [0.2, 0.25) is 11.8 Å². The van der Waals surface area contributed by atoms with E-state index in [1.54, 1.807) is 4.90 Å². The minimum absolute atomic E-state index is 0.0424. The van der Waals surface area contributed by atoms with Gasteiger partial charge >= 0.3 is 0 Å². The number of hydrogen-bond acceptors (Lipinski definition) is 2. The van der Waals surface area contributed by atoms with Gasteiger partial charge in [0.1, 0.15) is 0 Å². The van der Waals surface area contributed by atoms with Crippen LogP contribution in [0.5, 0.6) is 0 Å². The summed E-state index contributed by atoms with van der Waals surface area (Å²) in [6.07, 6.45) is 7.02. The molecule has 0 heterocycles. The van der Waals surface area contributed by atoms with Gasteiger partial charge in [0, 0.05) is 19.5 Å². The van der Waals surface area contributed by atoms with Crippen LogP contribution in [0, 0.1) is 6.92 Å². The smallest absolute Gasteiger partial charge is 0.239 e. The van der Waals surface area contributed by atoms with Gasteiger partial charge in [-0.3, -0.25) is 9.59 Å². The first kappa shape index (κ1) is 17.5. The van der Waals surface area contributed by atoms with E-state index < -0.39 is 0 Å². The summed E-state index contributed by atoms with van der Waals surface area (Å²) in [5.74, 6) is -0.110. The van der Waals surface area contributed by atoms with Crippen LogP contribution < -0.4 is 5.32 Å². The van der Waals surface area contributed by atoms with E-state index in [-0.39, 0.29) is 24.4 Å². The number of amides is 2. The first-order valence-electron chi connectivity index (χ1n) is 8.65. The Kier molecular flexibility index (Phi) is 6.63. The third kappa shape index (κ3) is 6.05. The Labute approximate surface area is 139 Å². The van der Waals surface area contributed by atoms with Crippen LogP contribution in [0.4, 0.5) is 0 Å². The number of rotatable bonds is 5. The van der Waals surface area contributed by atoms with Crippen molar-refractivity contribution in [2.75, 3.05) is 6.54 Å². The molecule has 1 aromatic rings. The fraction of sp³-hybridized carbons (Fsp3) is 0.579. The molecule has 1 N–H and O–H groups in total. The van der Waals surface area contributed by atoms with Crippen molar-refractivity contribution in [1.82, 2.24) is 10.2 Å². The molecule has 0 spiro atoms. The maximum Gasteiger partial charge on any atom is 0.239 e. The molecular weight excluding hydrogens is 288 g/mol. The summed E-state index contributed by atoms with van der Waals surface area (Å²) in [7, 11) is 0. The van der Waals surface area contributed by atoms with Gasteiger partial charge in [-0.1, -0.05) is 55.5 Å². The van der Waals surface area contributed by atoms with Crippen LogP contribution in [0.1, 0.15) is 56.6 Å². The maximum absolute atomic E-state index is 12.3. The molecule has 0 atom stereocenters. The lowest BCUT2D eigenvalue weighted by molar-refractivity contribution is -0.135. The summed E-state index contributed by atoms with van der Waals surface area (Å²) in [5, 5.41) is 3.11. The van der Waals surface area contributed by atoms with E-state index in [1.165, 1.54) is 38.2 Å². The number of aryl methyl sites for hydroxylation is 1. The molecule has 0 saturated heterocycles. The molecule has 2 amide bonds. The zero-order valence-corrected chi connectivity index (χ0v) is 14.3. The lowest BCUT2D eigenvalue weighted by atomic mass is 10.1. The summed E-state index contributed by atoms with van der Waals surface area (Å²) in [6.45, 7) is 4.17.